The van der Waals surface area contributed by atoms with Crippen LogP contribution < -0.4 is 21.1 Å². The summed E-state index contributed by atoms with van der Waals surface area (Å²) in [5.74, 6) is 1.19. The quantitative estimate of drug-likeness (QED) is 0.355. The fourth-order valence-electron chi connectivity index (χ4n) is 4.26. The molecule has 0 radical (unpaired) electrons. The van der Waals surface area contributed by atoms with Gasteiger partial charge >= 0.3 is 0 Å². The first kappa shape index (κ1) is 23.3. The summed E-state index contributed by atoms with van der Waals surface area (Å²) in [5, 5.41) is 10.4. The van der Waals surface area contributed by atoms with Crippen LogP contribution >= 0.6 is 0 Å². The van der Waals surface area contributed by atoms with Crippen LogP contribution in [0.3, 0.4) is 0 Å². The number of rotatable bonds is 7. The fourth-order valence-corrected chi connectivity index (χ4v) is 4.26. The molecule has 1 aliphatic heterocycles. The molecule has 0 fully saturated rings. The number of methoxy groups -OCH3 is 1. The Bertz CT molecular complexity index is 1430. The SMILES string of the molecule is COc1cc2c(cc1Nc1ncc(C(N)=O)c(Nc3ccccc3-c3cc(C)no3)n1)CN(C)CC2. The van der Waals surface area contributed by atoms with Crippen LogP contribution in [-0.4, -0.2) is 46.6 Å². The molecule has 0 saturated heterocycles. The minimum Gasteiger partial charge on any atom is -0.495 e. The number of anilines is 4. The summed E-state index contributed by atoms with van der Waals surface area (Å²) in [7, 11) is 3.73. The number of carbonyl (C=O) groups is 1. The third kappa shape index (κ3) is 4.71. The van der Waals surface area contributed by atoms with Crippen LogP contribution in [0.5, 0.6) is 5.75 Å². The van der Waals surface area contributed by atoms with E-state index in [0.29, 0.717) is 17.2 Å². The highest BCUT2D eigenvalue weighted by Crippen LogP contribution is 2.34. The standard InChI is InChI=1S/C26H27N7O3/c1-15-10-22(36-32-15)18-6-4-5-7-20(18)29-25-19(24(27)34)13-28-26(31-25)30-21-11-17-14-33(2)9-8-16(17)12-23(21)35-3/h4-7,10-13H,8-9,14H2,1-3H3,(H2,27,34)(H2,28,29,30,31). The zero-order valence-corrected chi connectivity index (χ0v) is 20.3. The van der Waals surface area contributed by atoms with E-state index in [2.05, 4.69) is 49.8 Å². The van der Waals surface area contributed by atoms with Gasteiger partial charge in [-0.15, -0.1) is 0 Å². The molecule has 2 aromatic heterocycles. The fraction of sp³-hybridized carbons (Fsp3) is 0.231. The zero-order chi connectivity index (χ0) is 25.2. The molecule has 0 atom stereocenters. The van der Waals surface area contributed by atoms with Crippen molar-refractivity contribution >= 4 is 29.0 Å². The average molecular weight is 486 g/mol. The number of nitrogens with zero attached hydrogens (tertiary/aromatic N) is 4. The lowest BCUT2D eigenvalue weighted by Crippen LogP contribution is -2.26. The number of hydrogen-bond donors (Lipinski definition) is 3. The van der Waals surface area contributed by atoms with Crippen LogP contribution in [-0.2, 0) is 13.0 Å². The van der Waals surface area contributed by atoms with Gasteiger partial charge in [-0.2, -0.15) is 4.98 Å². The van der Waals surface area contributed by atoms with Crippen LogP contribution in [0.1, 0.15) is 27.2 Å². The number of ether oxygens (including phenoxy) is 1. The Morgan fingerprint density at radius 3 is 2.72 bits per heavy atom. The van der Waals surface area contributed by atoms with E-state index < -0.39 is 5.91 Å². The van der Waals surface area contributed by atoms with E-state index in [1.807, 2.05) is 37.3 Å². The summed E-state index contributed by atoms with van der Waals surface area (Å²) in [6, 6.07) is 13.5. The minimum absolute atomic E-state index is 0.156. The summed E-state index contributed by atoms with van der Waals surface area (Å²) in [6.07, 6.45) is 2.37. The molecule has 0 saturated carbocycles. The van der Waals surface area contributed by atoms with Crippen LogP contribution in [0.15, 0.2) is 53.2 Å². The highest BCUT2D eigenvalue weighted by atomic mass is 16.5. The van der Waals surface area contributed by atoms with Crippen molar-refractivity contribution in [3.63, 3.8) is 0 Å². The van der Waals surface area contributed by atoms with Gasteiger partial charge in [0.1, 0.15) is 17.1 Å². The lowest BCUT2D eigenvalue weighted by Gasteiger charge is -2.26. The van der Waals surface area contributed by atoms with Crippen molar-refractivity contribution in [2.24, 2.45) is 5.73 Å². The first-order valence-electron chi connectivity index (χ1n) is 11.5. The van der Waals surface area contributed by atoms with E-state index in [1.54, 1.807) is 7.11 Å². The van der Waals surface area contributed by atoms with E-state index in [-0.39, 0.29) is 17.3 Å². The Balaban J connectivity index is 1.50. The molecular formula is C26H27N7O3. The second kappa shape index (κ2) is 9.67. The van der Waals surface area contributed by atoms with Crippen molar-refractivity contribution in [3.8, 4) is 17.1 Å². The highest BCUT2D eigenvalue weighted by molar-refractivity contribution is 5.98. The summed E-state index contributed by atoms with van der Waals surface area (Å²) in [4.78, 5) is 23.3. The largest absolute Gasteiger partial charge is 0.495 e. The van der Waals surface area contributed by atoms with Crippen LogP contribution in [0.4, 0.5) is 23.1 Å². The van der Waals surface area contributed by atoms with Gasteiger partial charge in [-0.25, -0.2) is 4.98 Å². The number of fused-ring (bicyclic) bond motifs is 1. The lowest BCUT2D eigenvalue weighted by atomic mass is 9.99. The van der Waals surface area contributed by atoms with Gasteiger partial charge in [0.2, 0.25) is 5.95 Å². The molecule has 5 rings (SSSR count). The Kier molecular flexibility index (Phi) is 6.26. The number of nitrogens with one attached hydrogen (secondary N) is 2. The first-order chi connectivity index (χ1) is 17.4. The average Bonchev–Trinajstić information content (AvgIpc) is 3.30. The van der Waals surface area contributed by atoms with Crippen molar-refractivity contribution in [2.75, 3.05) is 31.3 Å². The Hall–Kier alpha value is -4.44. The number of aryl methyl sites for hydroxylation is 1. The molecule has 2 aromatic carbocycles. The predicted molar refractivity (Wildman–Crippen MR) is 137 cm³/mol. The predicted octanol–water partition coefficient (Wildman–Crippen LogP) is 4.02. The lowest BCUT2D eigenvalue weighted by molar-refractivity contribution is 0.100. The number of primary amides is 1. The third-order valence-corrected chi connectivity index (χ3v) is 6.10. The van der Waals surface area contributed by atoms with Gasteiger partial charge in [0.25, 0.3) is 5.91 Å². The van der Waals surface area contributed by atoms with E-state index >= 15 is 0 Å². The first-order valence-corrected chi connectivity index (χ1v) is 11.5. The number of carbonyl (C=O) groups excluding carboxylic acids is 1. The molecule has 4 aromatic rings. The highest BCUT2D eigenvalue weighted by Gasteiger charge is 2.19. The van der Waals surface area contributed by atoms with E-state index in [9.17, 15) is 4.79 Å². The molecule has 184 valence electrons. The maximum Gasteiger partial charge on any atom is 0.254 e. The van der Waals surface area contributed by atoms with Crippen LogP contribution in [0.25, 0.3) is 11.3 Å². The smallest absolute Gasteiger partial charge is 0.254 e. The van der Waals surface area contributed by atoms with E-state index in [0.717, 1.165) is 36.5 Å². The van der Waals surface area contributed by atoms with Crippen molar-refractivity contribution in [1.29, 1.82) is 0 Å². The Morgan fingerprint density at radius 1 is 1.14 bits per heavy atom. The molecule has 0 spiro atoms. The van der Waals surface area contributed by atoms with Crippen molar-refractivity contribution in [2.45, 2.75) is 19.9 Å². The summed E-state index contributed by atoms with van der Waals surface area (Å²) in [6.45, 7) is 3.70. The summed E-state index contributed by atoms with van der Waals surface area (Å²) >= 11 is 0. The number of likely N-dealkylation sites (N-methyl/N-ethyl adjacent to an activating group) is 1. The molecular weight excluding hydrogens is 458 g/mol. The van der Waals surface area contributed by atoms with E-state index in [1.165, 1.54) is 17.3 Å². The van der Waals surface area contributed by atoms with Crippen LogP contribution in [0, 0.1) is 6.92 Å². The molecule has 1 aliphatic rings. The second-order valence-electron chi connectivity index (χ2n) is 8.76. The summed E-state index contributed by atoms with van der Waals surface area (Å²) < 4.78 is 11.1. The Labute approximate surface area is 208 Å². The molecule has 0 bridgehead atoms. The molecule has 3 heterocycles. The third-order valence-electron chi connectivity index (χ3n) is 6.10. The van der Waals surface area contributed by atoms with Crippen LogP contribution in [0.2, 0.25) is 0 Å². The molecule has 4 N–H and O–H groups in total. The molecule has 0 aliphatic carbocycles. The van der Waals surface area contributed by atoms with Gasteiger partial charge in [-0.1, -0.05) is 17.3 Å². The number of benzene rings is 2. The molecule has 10 heteroatoms. The topological polar surface area (TPSA) is 131 Å². The zero-order valence-electron chi connectivity index (χ0n) is 20.3. The van der Waals surface area contributed by atoms with Gasteiger partial charge in [0, 0.05) is 30.9 Å². The normalized spacial score (nSPS) is 13.2. The maximum atomic E-state index is 12.2. The number of aromatic nitrogens is 3. The molecule has 10 nitrogen and oxygen atoms in total. The number of amides is 1. The van der Waals surface area contributed by atoms with Gasteiger partial charge in [-0.05, 0) is 55.8 Å². The molecule has 0 unspecified atom stereocenters. The van der Waals surface area contributed by atoms with Gasteiger partial charge in [0.15, 0.2) is 5.76 Å². The minimum atomic E-state index is -0.647. The van der Waals surface area contributed by atoms with Gasteiger partial charge in [0.05, 0.1) is 24.2 Å². The van der Waals surface area contributed by atoms with Gasteiger partial charge in [-0.3, -0.25) is 4.79 Å². The van der Waals surface area contributed by atoms with Crippen molar-refractivity contribution < 1.29 is 14.1 Å². The second-order valence-corrected chi connectivity index (χ2v) is 8.76. The maximum absolute atomic E-state index is 12.2. The van der Waals surface area contributed by atoms with E-state index in [4.69, 9.17) is 15.0 Å². The Morgan fingerprint density at radius 2 is 1.97 bits per heavy atom. The van der Waals surface area contributed by atoms with Crippen molar-refractivity contribution in [1.82, 2.24) is 20.0 Å². The number of hydrogen-bond acceptors (Lipinski definition) is 9. The van der Waals surface area contributed by atoms with Gasteiger partial charge < -0.3 is 30.5 Å². The summed E-state index contributed by atoms with van der Waals surface area (Å²) in [5.41, 5.74) is 11.2. The number of nitrogens with two attached hydrogens (primary N) is 1. The number of para-hydroxylation sites is 1. The monoisotopic (exact) mass is 485 g/mol. The van der Waals surface area contributed by atoms with Crippen molar-refractivity contribution in [3.05, 3.63) is 71.0 Å². The molecule has 1 amide bonds. The molecule has 36 heavy (non-hydrogen) atoms.